The molecule has 2 rings (SSSR count). The SMILES string of the molecule is Cc1ccccc1COc1noc(N)c1C#N. The molecule has 0 fully saturated rings. The van der Waals surface area contributed by atoms with Crippen molar-refractivity contribution in [2.24, 2.45) is 0 Å². The van der Waals surface area contributed by atoms with Gasteiger partial charge in [-0.25, -0.2) is 0 Å². The topological polar surface area (TPSA) is 85.1 Å². The Morgan fingerprint density at radius 3 is 2.94 bits per heavy atom. The Bertz CT molecular complexity index is 569. The van der Waals surface area contributed by atoms with Crippen LogP contribution in [0.2, 0.25) is 0 Å². The van der Waals surface area contributed by atoms with Gasteiger partial charge in [0, 0.05) is 0 Å². The Balaban J connectivity index is 2.13. The van der Waals surface area contributed by atoms with E-state index in [0.717, 1.165) is 11.1 Å². The molecule has 2 aromatic rings. The molecule has 5 nitrogen and oxygen atoms in total. The van der Waals surface area contributed by atoms with Crippen LogP contribution in [0.15, 0.2) is 28.8 Å². The predicted molar refractivity (Wildman–Crippen MR) is 61.1 cm³/mol. The molecule has 1 heterocycles. The van der Waals surface area contributed by atoms with Crippen LogP contribution in [-0.2, 0) is 6.61 Å². The van der Waals surface area contributed by atoms with E-state index in [9.17, 15) is 0 Å². The predicted octanol–water partition coefficient (Wildman–Crippen LogP) is 2.02. The fourth-order valence-electron chi connectivity index (χ4n) is 1.41. The third kappa shape index (κ3) is 2.21. The zero-order chi connectivity index (χ0) is 12.3. The molecule has 0 bridgehead atoms. The molecule has 0 amide bonds. The molecule has 0 spiro atoms. The second-order valence-corrected chi connectivity index (χ2v) is 3.55. The van der Waals surface area contributed by atoms with Crippen molar-refractivity contribution in [3.63, 3.8) is 0 Å². The van der Waals surface area contributed by atoms with E-state index in [0.29, 0.717) is 6.61 Å². The highest BCUT2D eigenvalue weighted by Crippen LogP contribution is 2.23. The lowest BCUT2D eigenvalue weighted by Crippen LogP contribution is -1.99. The number of benzene rings is 1. The quantitative estimate of drug-likeness (QED) is 0.870. The number of rotatable bonds is 3. The summed E-state index contributed by atoms with van der Waals surface area (Å²) in [6.07, 6.45) is 0. The number of nitrogens with zero attached hydrogens (tertiary/aromatic N) is 2. The van der Waals surface area contributed by atoms with E-state index >= 15 is 0 Å². The number of nitriles is 1. The van der Waals surface area contributed by atoms with Crippen LogP contribution in [-0.4, -0.2) is 5.16 Å². The van der Waals surface area contributed by atoms with Crippen molar-refractivity contribution >= 4 is 5.88 Å². The van der Waals surface area contributed by atoms with Crippen LogP contribution in [0.5, 0.6) is 5.88 Å². The van der Waals surface area contributed by atoms with Crippen molar-refractivity contribution in [3.05, 3.63) is 41.0 Å². The summed E-state index contributed by atoms with van der Waals surface area (Å²) in [5, 5.41) is 12.4. The fraction of sp³-hybridized carbons (Fsp3) is 0.167. The Morgan fingerprint density at radius 2 is 2.24 bits per heavy atom. The molecule has 1 aromatic heterocycles. The monoisotopic (exact) mass is 229 g/mol. The average Bonchev–Trinajstić information content (AvgIpc) is 2.69. The summed E-state index contributed by atoms with van der Waals surface area (Å²) in [7, 11) is 0. The molecular formula is C12H11N3O2. The fourth-order valence-corrected chi connectivity index (χ4v) is 1.41. The largest absolute Gasteiger partial charge is 0.470 e. The highest BCUT2D eigenvalue weighted by atomic mass is 16.5. The molecule has 5 heteroatoms. The maximum absolute atomic E-state index is 8.83. The number of aromatic nitrogens is 1. The van der Waals surface area contributed by atoms with Gasteiger partial charge in [-0.2, -0.15) is 5.26 Å². The van der Waals surface area contributed by atoms with Crippen molar-refractivity contribution in [2.45, 2.75) is 13.5 Å². The van der Waals surface area contributed by atoms with Crippen LogP contribution >= 0.6 is 0 Å². The lowest BCUT2D eigenvalue weighted by molar-refractivity contribution is 0.270. The normalized spacial score (nSPS) is 9.88. The summed E-state index contributed by atoms with van der Waals surface area (Å²) in [5.41, 5.74) is 7.70. The van der Waals surface area contributed by atoms with E-state index in [2.05, 4.69) is 9.68 Å². The number of anilines is 1. The number of ether oxygens (including phenoxy) is 1. The molecular weight excluding hydrogens is 218 g/mol. The first-order valence-electron chi connectivity index (χ1n) is 5.05. The lowest BCUT2D eigenvalue weighted by Gasteiger charge is -2.05. The Labute approximate surface area is 98.4 Å². The zero-order valence-corrected chi connectivity index (χ0v) is 9.30. The number of aryl methyl sites for hydroxylation is 1. The van der Waals surface area contributed by atoms with Gasteiger partial charge < -0.3 is 15.0 Å². The van der Waals surface area contributed by atoms with Gasteiger partial charge in [-0.15, -0.1) is 0 Å². The number of nitrogen functional groups attached to an aromatic ring is 1. The molecule has 0 radical (unpaired) electrons. The molecule has 0 atom stereocenters. The van der Waals surface area contributed by atoms with Crippen molar-refractivity contribution in [1.82, 2.24) is 5.16 Å². The summed E-state index contributed by atoms with van der Waals surface area (Å²) < 4.78 is 10.1. The van der Waals surface area contributed by atoms with Gasteiger partial charge in [0.25, 0.3) is 5.88 Å². The molecule has 0 aliphatic rings. The van der Waals surface area contributed by atoms with Crippen molar-refractivity contribution in [1.29, 1.82) is 5.26 Å². The van der Waals surface area contributed by atoms with Gasteiger partial charge >= 0.3 is 0 Å². The van der Waals surface area contributed by atoms with E-state index in [4.69, 9.17) is 15.7 Å². The molecule has 0 unspecified atom stereocenters. The third-order valence-electron chi connectivity index (χ3n) is 2.42. The van der Waals surface area contributed by atoms with Gasteiger partial charge in [-0.3, -0.25) is 0 Å². The van der Waals surface area contributed by atoms with Crippen LogP contribution in [0.1, 0.15) is 16.7 Å². The minimum Gasteiger partial charge on any atom is -0.470 e. The van der Waals surface area contributed by atoms with Crippen LogP contribution in [0.3, 0.4) is 0 Å². The van der Waals surface area contributed by atoms with Gasteiger partial charge in [0.15, 0.2) is 5.56 Å². The Hall–Kier alpha value is -2.48. The summed E-state index contributed by atoms with van der Waals surface area (Å²) in [6.45, 7) is 2.31. The van der Waals surface area contributed by atoms with E-state index in [-0.39, 0.29) is 17.3 Å². The molecule has 0 aliphatic carbocycles. The summed E-state index contributed by atoms with van der Waals surface area (Å²) in [6, 6.07) is 9.70. The van der Waals surface area contributed by atoms with Gasteiger partial charge in [-0.05, 0) is 23.2 Å². The van der Waals surface area contributed by atoms with Crippen LogP contribution in [0.4, 0.5) is 5.88 Å². The number of nitrogens with two attached hydrogens (primary N) is 1. The first kappa shape index (κ1) is 11.0. The average molecular weight is 229 g/mol. The Morgan fingerprint density at radius 1 is 1.47 bits per heavy atom. The second kappa shape index (κ2) is 4.58. The lowest BCUT2D eigenvalue weighted by atomic mass is 10.1. The van der Waals surface area contributed by atoms with E-state index in [1.165, 1.54) is 0 Å². The van der Waals surface area contributed by atoms with E-state index < -0.39 is 0 Å². The first-order valence-corrected chi connectivity index (χ1v) is 5.05. The molecule has 0 saturated heterocycles. The van der Waals surface area contributed by atoms with Gasteiger partial charge in [-0.1, -0.05) is 24.3 Å². The molecule has 86 valence electrons. The highest BCUT2D eigenvalue weighted by Gasteiger charge is 2.14. The van der Waals surface area contributed by atoms with Gasteiger partial charge in [0.1, 0.15) is 12.7 Å². The summed E-state index contributed by atoms with van der Waals surface area (Å²) >= 11 is 0. The zero-order valence-electron chi connectivity index (χ0n) is 9.30. The Kier molecular flexibility index (Phi) is 2.97. The van der Waals surface area contributed by atoms with Crippen molar-refractivity contribution in [3.8, 4) is 11.9 Å². The molecule has 2 N–H and O–H groups in total. The molecule has 1 aromatic carbocycles. The number of hydrogen-bond donors (Lipinski definition) is 1. The minimum absolute atomic E-state index is 0.0210. The molecule has 17 heavy (non-hydrogen) atoms. The van der Waals surface area contributed by atoms with E-state index in [1.54, 1.807) is 0 Å². The maximum atomic E-state index is 8.83. The molecule has 0 aliphatic heterocycles. The standard InChI is InChI=1S/C12H11N3O2/c1-8-4-2-3-5-9(8)7-16-12-10(6-13)11(14)17-15-12/h2-5H,7,14H2,1H3. The third-order valence-corrected chi connectivity index (χ3v) is 2.42. The van der Waals surface area contributed by atoms with Gasteiger partial charge in [0.2, 0.25) is 5.88 Å². The van der Waals surface area contributed by atoms with Crippen molar-refractivity contribution < 1.29 is 9.26 Å². The minimum atomic E-state index is -0.0210. The number of hydrogen-bond acceptors (Lipinski definition) is 5. The van der Waals surface area contributed by atoms with Crippen LogP contribution in [0.25, 0.3) is 0 Å². The second-order valence-electron chi connectivity index (χ2n) is 3.55. The summed E-state index contributed by atoms with van der Waals surface area (Å²) in [5.74, 6) is 0.112. The smallest absolute Gasteiger partial charge is 0.275 e. The van der Waals surface area contributed by atoms with Crippen LogP contribution in [0, 0.1) is 18.3 Å². The van der Waals surface area contributed by atoms with Gasteiger partial charge in [0.05, 0.1) is 0 Å². The van der Waals surface area contributed by atoms with Crippen molar-refractivity contribution in [2.75, 3.05) is 5.73 Å². The molecule has 0 saturated carbocycles. The van der Waals surface area contributed by atoms with E-state index in [1.807, 2.05) is 37.3 Å². The maximum Gasteiger partial charge on any atom is 0.275 e. The highest BCUT2D eigenvalue weighted by molar-refractivity contribution is 5.51. The summed E-state index contributed by atoms with van der Waals surface area (Å²) in [4.78, 5) is 0. The van der Waals surface area contributed by atoms with Crippen LogP contribution < -0.4 is 10.5 Å². The first-order chi connectivity index (χ1) is 8.22.